The summed E-state index contributed by atoms with van der Waals surface area (Å²) in [6, 6.07) is 0. The molecule has 0 bridgehead atoms. The highest BCUT2D eigenvalue weighted by molar-refractivity contribution is 4.66. The van der Waals surface area contributed by atoms with Gasteiger partial charge in [-0.15, -0.1) is 0 Å². The van der Waals surface area contributed by atoms with Gasteiger partial charge >= 0.3 is 0 Å². The highest BCUT2D eigenvalue weighted by Gasteiger charge is 2.12. The van der Waals surface area contributed by atoms with Gasteiger partial charge in [0.25, 0.3) is 0 Å². The second-order valence-electron chi connectivity index (χ2n) is 4.40. The van der Waals surface area contributed by atoms with Crippen LogP contribution in [0.3, 0.4) is 0 Å². The van der Waals surface area contributed by atoms with Gasteiger partial charge < -0.3 is 10.6 Å². The summed E-state index contributed by atoms with van der Waals surface area (Å²) in [6.45, 7) is 6.70. The molecule has 0 spiro atoms. The monoisotopic (exact) mass is 198 g/mol. The van der Waals surface area contributed by atoms with Crippen LogP contribution in [0.25, 0.3) is 0 Å². The van der Waals surface area contributed by atoms with Crippen molar-refractivity contribution in [2.45, 2.75) is 45.4 Å². The Morgan fingerprint density at radius 1 is 0.929 bits per heavy atom. The second-order valence-corrected chi connectivity index (χ2v) is 4.40. The molecule has 0 aromatic carbocycles. The SMILES string of the molecule is CCNCCNCCC1CCCCC1. The zero-order valence-corrected chi connectivity index (χ0v) is 9.65. The summed E-state index contributed by atoms with van der Waals surface area (Å²) in [5.41, 5.74) is 0. The fourth-order valence-electron chi connectivity index (χ4n) is 2.26. The Morgan fingerprint density at radius 2 is 1.64 bits per heavy atom. The van der Waals surface area contributed by atoms with Gasteiger partial charge in [-0.05, 0) is 25.4 Å². The van der Waals surface area contributed by atoms with Crippen LogP contribution in [0, 0.1) is 5.92 Å². The minimum atomic E-state index is 1.02. The summed E-state index contributed by atoms with van der Waals surface area (Å²) in [7, 11) is 0. The van der Waals surface area contributed by atoms with Crippen molar-refractivity contribution in [3.8, 4) is 0 Å². The van der Waals surface area contributed by atoms with Crippen LogP contribution in [-0.4, -0.2) is 26.2 Å². The molecule has 0 amide bonds. The third-order valence-electron chi connectivity index (χ3n) is 3.18. The van der Waals surface area contributed by atoms with Crippen molar-refractivity contribution in [1.82, 2.24) is 10.6 Å². The summed E-state index contributed by atoms with van der Waals surface area (Å²) >= 11 is 0. The molecule has 2 heteroatoms. The molecule has 84 valence electrons. The van der Waals surface area contributed by atoms with Gasteiger partial charge in [0.2, 0.25) is 0 Å². The fourth-order valence-corrected chi connectivity index (χ4v) is 2.26. The molecule has 0 saturated heterocycles. The lowest BCUT2D eigenvalue weighted by Crippen LogP contribution is -2.28. The Bertz CT molecular complexity index is 119. The largest absolute Gasteiger partial charge is 0.316 e. The van der Waals surface area contributed by atoms with Crippen LogP contribution in [-0.2, 0) is 0 Å². The van der Waals surface area contributed by atoms with E-state index in [0.717, 1.165) is 25.6 Å². The molecule has 0 aliphatic heterocycles. The highest BCUT2D eigenvalue weighted by atomic mass is 14.9. The van der Waals surface area contributed by atoms with E-state index in [-0.39, 0.29) is 0 Å². The zero-order valence-electron chi connectivity index (χ0n) is 9.65. The highest BCUT2D eigenvalue weighted by Crippen LogP contribution is 2.25. The first-order chi connectivity index (χ1) is 6.93. The lowest BCUT2D eigenvalue weighted by atomic mass is 9.87. The molecule has 1 aliphatic carbocycles. The van der Waals surface area contributed by atoms with Crippen molar-refractivity contribution in [2.24, 2.45) is 5.92 Å². The minimum Gasteiger partial charge on any atom is -0.316 e. The molecule has 1 fully saturated rings. The zero-order chi connectivity index (χ0) is 10.1. The number of nitrogens with one attached hydrogen (secondary N) is 2. The maximum Gasteiger partial charge on any atom is 0.00767 e. The molecule has 2 nitrogen and oxygen atoms in total. The lowest BCUT2D eigenvalue weighted by molar-refractivity contribution is 0.334. The van der Waals surface area contributed by atoms with E-state index in [1.54, 1.807) is 0 Å². The van der Waals surface area contributed by atoms with Gasteiger partial charge in [0.15, 0.2) is 0 Å². The Morgan fingerprint density at radius 3 is 2.36 bits per heavy atom. The van der Waals surface area contributed by atoms with Gasteiger partial charge in [-0.1, -0.05) is 39.0 Å². The average Bonchev–Trinajstić information content (AvgIpc) is 2.25. The first kappa shape index (κ1) is 12.0. The molecular weight excluding hydrogens is 172 g/mol. The summed E-state index contributed by atoms with van der Waals surface area (Å²) in [4.78, 5) is 0. The molecule has 0 heterocycles. The molecular formula is C12H26N2. The van der Waals surface area contributed by atoms with Gasteiger partial charge in [-0.2, -0.15) is 0 Å². The number of rotatable bonds is 7. The normalized spacial score (nSPS) is 18.6. The third-order valence-corrected chi connectivity index (χ3v) is 3.18. The van der Waals surface area contributed by atoms with Crippen molar-refractivity contribution in [1.29, 1.82) is 0 Å². The lowest BCUT2D eigenvalue weighted by Gasteiger charge is -2.21. The third kappa shape index (κ3) is 5.61. The molecule has 0 atom stereocenters. The molecule has 0 aromatic rings. The van der Waals surface area contributed by atoms with Crippen LogP contribution >= 0.6 is 0 Å². The maximum absolute atomic E-state index is 3.50. The Balaban J connectivity index is 1.82. The standard InChI is InChI=1S/C12H26N2/c1-2-13-10-11-14-9-8-12-6-4-3-5-7-12/h12-14H,2-11H2,1H3. The van der Waals surface area contributed by atoms with Gasteiger partial charge in [0.05, 0.1) is 0 Å². The summed E-state index contributed by atoms with van der Waals surface area (Å²) in [5, 5.41) is 6.83. The number of likely N-dealkylation sites (N-methyl/N-ethyl adjacent to an activating group) is 1. The fraction of sp³-hybridized carbons (Fsp3) is 1.00. The van der Waals surface area contributed by atoms with Gasteiger partial charge in [0.1, 0.15) is 0 Å². The van der Waals surface area contributed by atoms with E-state index in [2.05, 4.69) is 17.6 Å². The quantitative estimate of drug-likeness (QED) is 0.613. The molecule has 14 heavy (non-hydrogen) atoms. The molecule has 2 N–H and O–H groups in total. The average molecular weight is 198 g/mol. The van der Waals surface area contributed by atoms with Crippen LogP contribution in [0.15, 0.2) is 0 Å². The van der Waals surface area contributed by atoms with Gasteiger partial charge in [0, 0.05) is 13.1 Å². The van der Waals surface area contributed by atoms with E-state index in [1.165, 1.54) is 45.1 Å². The van der Waals surface area contributed by atoms with Crippen molar-refractivity contribution < 1.29 is 0 Å². The molecule has 1 aliphatic rings. The van der Waals surface area contributed by atoms with E-state index in [1.807, 2.05) is 0 Å². The summed E-state index contributed by atoms with van der Waals surface area (Å²) < 4.78 is 0. The van der Waals surface area contributed by atoms with Crippen molar-refractivity contribution in [3.05, 3.63) is 0 Å². The van der Waals surface area contributed by atoms with Crippen molar-refractivity contribution in [2.75, 3.05) is 26.2 Å². The van der Waals surface area contributed by atoms with Crippen LogP contribution in [0.5, 0.6) is 0 Å². The number of hydrogen-bond donors (Lipinski definition) is 2. The topological polar surface area (TPSA) is 24.1 Å². The second kappa shape index (κ2) is 8.25. The van der Waals surface area contributed by atoms with Crippen molar-refractivity contribution in [3.63, 3.8) is 0 Å². The van der Waals surface area contributed by atoms with Crippen LogP contribution < -0.4 is 10.6 Å². The maximum atomic E-state index is 3.50. The molecule has 1 rings (SSSR count). The smallest absolute Gasteiger partial charge is 0.00767 e. The van der Waals surface area contributed by atoms with Crippen LogP contribution in [0.1, 0.15) is 45.4 Å². The first-order valence-electron chi connectivity index (χ1n) is 6.35. The summed E-state index contributed by atoms with van der Waals surface area (Å²) in [5.74, 6) is 1.02. The first-order valence-corrected chi connectivity index (χ1v) is 6.35. The van der Waals surface area contributed by atoms with Crippen molar-refractivity contribution >= 4 is 0 Å². The predicted molar refractivity (Wildman–Crippen MR) is 62.6 cm³/mol. The van der Waals surface area contributed by atoms with Crippen LogP contribution in [0.4, 0.5) is 0 Å². The minimum absolute atomic E-state index is 1.02. The Hall–Kier alpha value is -0.0800. The molecule has 1 saturated carbocycles. The molecule has 0 unspecified atom stereocenters. The van der Waals surface area contributed by atoms with Gasteiger partial charge in [-0.3, -0.25) is 0 Å². The van der Waals surface area contributed by atoms with E-state index >= 15 is 0 Å². The van der Waals surface area contributed by atoms with E-state index in [9.17, 15) is 0 Å². The Labute approximate surface area is 88.8 Å². The number of hydrogen-bond acceptors (Lipinski definition) is 2. The van der Waals surface area contributed by atoms with E-state index < -0.39 is 0 Å². The van der Waals surface area contributed by atoms with Gasteiger partial charge in [-0.25, -0.2) is 0 Å². The molecule has 0 aromatic heterocycles. The Kier molecular flexibility index (Phi) is 7.06. The predicted octanol–water partition coefficient (Wildman–Crippen LogP) is 2.16. The summed E-state index contributed by atoms with van der Waals surface area (Å²) in [6.07, 6.45) is 8.78. The van der Waals surface area contributed by atoms with Crippen LogP contribution in [0.2, 0.25) is 0 Å². The van der Waals surface area contributed by atoms with E-state index in [0.29, 0.717) is 0 Å². The van der Waals surface area contributed by atoms with E-state index in [4.69, 9.17) is 0 Å². The molecule has 0 radical (unpaired) electrons.